The Morgan fingerprint density at radius 1 is 1.32 bits per heavy atom. The van der Waals surface area contributed by atoms with Crippen molar-refractivity contribution in [3.63, 3.8) is 0 Å². The first-order valence-corrected chi connectivity index (χ1v) is 6.35. The summed E-state index contributed by atoms with van der Waals surface area (Å²) in [4.78, 5) is 11.6. The molecule has 3 nitrogen and oxygen atoms in total. The summed E-state index contributed by atoms with van der Waals surface area (Å²) in [5.41, 5.74) is 1.89. The summed E-state index contributed by atoms with van der Waals surface area (Å²) in [6, 6.07) is 9.26. The van der Waals surface area contributed by atoms with Crippen LogP contribution in [0.5, 0.6) is 0 Å². The zero-order valence-corrected chi connectivity index (χ0v) is 11.1. The van der Waals surface area contributed by atoms with Crippen LogP contribution < -0.4 is 5.32 Å². The maximum Gasteiger partial charge on any atom is 0.244 e. The molecule has 1 aromatic heterocycles. The Morgan fingerprint density at radius 2 is 2.16 bits per heavy atom. The fourth-order valence-electron chi connectivity index (χ4n) is 1.60. The van der Waals surface area contributed by atoms with Gasteiger partial charge in [-0.15, -0.1) is 0 Å². The summed E-state index contributed by atoms with van der Waals surface area (Å²) >= 11 is 5.99. The lowest BCUT2D eigenvalue weighted by molar-refractivity contribution is -0.116. The van der Waals surface area contributed by atoms with E-state index in [-0.39, 0.29) is 5.91 Å². The fourth-order valence-corrected chi connectivity index (χ4v) is 1.80. The molecule has 4 heteroatoms. The third kappa shape index (κ3) is 4.30. The number of carbonyl (C=O) groups is 1. The maximum atomic E-state index is 11.6. The van der Waals surface area contributed by atoms with Crippen molar-refractivity contribution >= 4 is 23.6 Å². The van der Waals surface area contributed by atoms with Gasteiger partial charge in [-0.2, -0.15) is 0 Å². The minimum atomic E-state index is -0.136. The molecule has 0 bridgehead atoms. The van der Waals surface area contributed by atoms with Gasteiger partial charge in [0.15, 0.2) is 0 Å². The second-order valence-corrected chi connectivity index (χ2v) is 4.43. The first-order valence-electron chi connectivity index (χ1n) is 5.97. The third-order valence-corrected chi connectivity index (χ3v) is 2.96. The minimum Gasteiger partial charge on any atom is -0.472 e. The smallest absolute Gasteiger partial charge is 0.244 e. The van der Waals surface area contributed by atoms with Gasteiger partial charge in [0.25, 0.3) is 0 Å². The van der Waals surface area contributed by atoms with Gasteiger partial charge in [-0.25, -0.2) is 0 Å². The molecule has 19 heavy (non-hydrogen) atoms. The SMILES string of the molecule is O=C(/C=C/c1ccccc1Cl)NCCc1ccoc1. The first-order chi connectivity index (χ1) is 9.25. The summed E-state index contributed by atoms with van der Waals surface area (Å²) < 4.78 is 4.95. The number of nitrogens with one attached hydrogen (secondary N) is 1. The number of hydrogen-bond acceptors (Lipinski definition) is 2. The average molecular weight is 276 g/mol. The van der Waals surface area contributed by atoms with Crippen LogP contribution in [0.25, 0.3) is 6.08 Å². The molecular formula is C15H14ClNO2. The van der Waals surface area contributed by atoms with E-state index in [9.17, 15) is 4.79 Å². The quantitative estimate of drug-likeness (QED) is 0.851. The number of furan rings is 1. The van der Waals surface area contributed by atoms with Crippen LogP contribution in [-0.2, 0) is 11.2 Å². The van der Waals surface area contributed by atoms with Gasteiger partial charge in [0.1, 0.15) is 0 Å². The van der Waals surface area contributed by atoms with E-state index in [0.717, 1.165) is 17.5 Å². The Hall–Kier alpha value is -2.00. The van der Waals surface area contributed by atoms with E-state index in [1.807, 2.05) is 24.3 Å². The summed E-state index contributed by atoms with van der Waals surface area (Å²) in [6.07, 6.45) is 7.23. The van der Waals surface area contributed by atoms with E-state index in [2.05, 4.69) is 5.32 Å². The van der Waals surface area contributed by atoms with Gasteiger partial charge in [-0.1, -0.05) is 29.8 Å². The molecule has 1 amide bonds. The Labute approximate surface area is 116 Å². The topological polar surface area (TPSA) is 42.2 Å². The van der Waals surface area contributed by atoms with E-state index in [1.165, 1.54) is 6.08 Å². The molecule has 1 N–H and O–H groups in total. The minimum absolute atomic E-state index is 0.136. The molecule has 0 unspecified atom stereocenters. The molecule has 0 aliphatic carbocycles. The van der Waals surface area contributed by atoms with Crippen molar-refractivity contribution in [1.29, 1.82) is 0 Å². The zero-order chi connectivity index (χ0) is 13.5. The second kappa shape index (κ2) is 6.81. The number of carbonyl (C=O) groups excluding carboxylic acids is 1. The zero-order valence-electron chi connectivity index (χ0n) is 10.3. The van der Waals surface area contributed by atoms with Gasteiger partial charge in [0.2, 0.25) is 5.91 Å². The lowest BCUT2D eigenvalue weighted by Gasteiger charge is -2.00. The molecule has 0 fully saturated rings. The lowest BCUT2D eigenvalue weighted by Crippen LogP contribution is -2.23. The van der Waals surface area contributed by atoms with Crippen LogP contribution in [0.3, 0.4) is 0 Å². The van der Waals surface area contributed by atoms with Crippen molar-refractivity contribution < 1.29 is 9.21 Å². The molecular weight excluding hydrogens is 262 g/mol. The molecule has 0 atom stereocenters. The van der Waals surface area contributed by atoms with E-state index in [4.69, 9.17) is 16.0 Å². The van der Waals surface area contributed by atoms with Gasteiger partial charge in [-0.3, -0.25) is 4.79 Å². The predicted octanol–water partition coefficient (Wildman–Crippen LogP) is 3.31. The van der Waals surface area contributed by atoms with Gasteiger partial charge < -0.3 is 9.73 Å². The van der Waals surface area contributed by atoms with Crippen LogP contribution in [0.2, 0.25) is 5.02 Å². The van der Waals surface area contributed by atoms with Crippen LogP contribution in [0.15, 0.2) is 53.4 Å². The molecule has 0 radical (unpaired) electrons. The van der Waals surface area contributed by atoms with E-state index < -0.39 is 0 Å². The fraction of sp³-hybridized carbons (Fsp3) is 0.133. The molecule has 0 aliphatic rings. The van der Waals surface area contributed by atoms with E-state index in [1.54, 1.807) is 24.7 Å². The molecule has 0 saturated carbocycles. The number of rotatable bonds is 5. The first kappa shape index (κ1) is 13.4. The van der Waals surface area contributed by atoms with Crippen molar-refractivity contribution in [3.8, 4) is 0 Å². The Bertz CT molecular complexity index is 561. The second-order valence-electron chi connectivity index (χ2n) is 4.03. The molecule has 98 valence electrons. The molecule has 0 aliphatic heterocycles. The average Bonchev–Trinajstić information content (AvgIpc) is 2.91. The highest BCUT2D eigenvalue weighted by molar-refractivity contribution is 6.32. The Morgan fingerprint density at radius 3 is 2.89 bits per heavy atom. The van der Waals surface area contributed by atoms with Crippen molar-refractivity contribution in [3.05, 3.63) is 65.1 Å². The molecule has 1 aromatic carbocycles. The summed E-state index contributed by atoms with van der Waals surface area (Å²) in [5.74, 6) is -0.136. The van der Waals surface area contributed by atoms with Gasteiger partial charge >= 0.3 is 0 Å². The number of amides is 1. The van der Waals surface area contributed by atoms with Crippen molar-refractivity contribution in [1.82, 2.24) is 5.32 Å². The van der Waals surface area contributed by atoms with Gasteiger partial charge in [-0.05, 0) is 35.8 Å². The molecule has 2 aromatic rings. The number of halogens is 1. The van der Waals surface area contributed by atoms with Crippen LogP contribution in [0, 0.1) is 0 Å². The lowest BCUT2D eigenvalue weighted by atomic mass is 10.2. The highest BCUT2D eigenvalue weighted by Crippen LogP contribution is 2.15. The molecule has 1 heterocycles. The highest BCUT2D eigenvalue weighted by Gasteiger charge is 1.98. The normalized spacial score (nSPS) is 10.8. The van der Waals surface area contributed by atoms with E-state index >= 15 is 0 Å². The third-order valence-electron chi connectivity index (χ3n) is 2.61. The van der Waals surface area contributed by atoms with Crippen LogP contribution in [0.4, 0.5) is 0 Å². The standard InChI is InChI=1S/C15H14ClNO2/c16-14-4-2-1-3-13(14)5-6-15(18)17-9-7-12-8-10-19-11-12/h1-6,8,10-11H,7,9H2,(H,17,18)/b6-5+. The van der Waals surface area contributed by atoms with Crippen molar-refractivity contribution in [2.45, 2.75) is 6.42 Å². The maximum absolute atomic E-state index is 11.6. The van der Waals surface area contributed by atoms with Gasteiger partial charge in [0, 0.05) is 17.6 Å². The van der Waals surface area contributed by atoms with Crippen LogP contribution in [-0.4, -0.2) is 12.5 Å². The van der Waals surface area contributed by atoms with Crippen molar-refractivity contribution in [2.24, 2.45) is 0 Å². The summed E-state index contributed by atoms with van der Waals surface area (Å²) in [5, 5.41) is 3.43. The molecule has 2 rings (SSSR count). The summed E-state index contributed by atoms with van der Waals surface area (Å²) in [6.45, 7) is 0.575. The largest absolute Gasteiger partial charge is 0.472 e. The predicted molar refractivity (Wildman–Crippen MR) is 75.9 cm³/mol. The highest BCUT2D eigenvalue weighted by atomic mass is 35.5. The summed E-state index contributed by atoms with van der Waals surface area (Å²) in [7, 11) is 0. The molecule has 0 spiro atoms. The van der Waals surface area contributed by atoms with Crippen LogP contribution in [0.1, 0.15) is 11.1 Å². The van der Waals surface area contributed by atoms with Crippen LogP contribution >= 0.6 is 11.6 Å². The number of hydrogen-bond donors (Lipinski definition) is 1. The van der Waals surface area contributed by atoms with Gasteiger partial charge in [0.05, 0.1) is 12.5 Å². The number of benzene rings is 1. The van der Waals surface area contributed by atoms with Crippen molar-refractivity contribution in [2.75, 3.05) is 6.54 Å². The molecule has 0 saturated heterocycles. The van der Waals surface area contributed by atoms with E-state index in [0.29, 0.717) is 11.6 Å². The Kier molecular flexibility index (Phi) is 4.81. The monoisotopic (exact) mass is 275 g/mol. The Balaban J connectivity index is 1.79.